The van der Waals surface area contributed by atoms with Gasteiger partial charge >= 0.3 is 5.97 Å². The number of carbonyl (C=O) groups excluding carboxylic acids is 1. The number of unbranched alkanes of at least 4 members (excludes halogenated alkanes) is 6. The zero-order valence-corrected chi connectivity index (χ0v) is 23.0. The number of esters is 1. The lowest BCUT2D eigenvalue weighted by atomic mass is 10.0. The lowest BCUT2D eigenvalue weighted by Crippen LogP contribution is -2.07. The van der Waals surface area contributed by atoms with Gasteiger partial charge < -0.3 is 9.47 Å². The Labute approximate surface area is 240 Å². The molecule has 0 bridgehead atoms. The van der Waals surface area contributed by atoms with E-state index in [1.54, 1.807) is 6.07 Å². The summed E-state index contributed by atoms with van der Waals surface area (Å²) >= 11 is 0. The Morgan fingerprint density at radius 3 is 1.85 bits per heavy atom. The van der Waals surface area contributed by atoms with Crippen molar-refractivity contribution in [2.24, 2.45) is 0 Å². The third-order valence-corrected chi connectivity index (χ3v) is 6.82. The second-order valence-electron chi connectivity index (χ2n) is 9.91. The summed E-state index contributed by atoms with van der Waals surface area (Å²) in [6.45, 7) is 0.674. The van der Waals surface area contributed by atoms with E-state index >= 15 is 0 Å². The van der Waals surface area contributed by atoms with Crippen molar-refractivity contribution >= 4 is 5.97 Å². The SMILES string of the molecule is N#Cc1ccc(-c2ccc(OCCCCCCCCCC(=O)Oc3ccc(-c4ccc(F)cc4)c(F)c3)cc2)cc1. The van der Waals surface area contributed by atoms with E-state index in [1.807, 2.05) is 48.5 Å². The van der Waals surface area contributed by atoms with Gasteiger partial charge in [-0.1, -0.05) is 68.5 Å². The average molecular weight is 554 g/mol. The summed E-state index contributed by atoms with van der Waals surface area (Å²) in [7, 11) is 0. The number of carbonyl (C=O) groups is 1. The third kappa shape index (κ3) is 9.29. The molecule has 6 heteroatoms. The van der Waals surface area contributed by atoms with Gasteiger partial charge in [-0.05, 0) is 78.1 Å². The molecule has 0 saturated carbocycles. The first-order chi connectivity index (χ1) is 20.0. The second kappa shape index (κ2) is 15.3. The summed E-state index contributed by atoms with van der Waals surface area (Å²) < 4.78 is 38.7. The van der Waals surface area contributed by atoms with Crippen molar-refractivity contribution in [1.29, 1.82) is 5.26 Å². The zero-order chi connectivity index (χ0) is 28.9. The number of ether oxygens (including phenoxy) is 2. The highest BCUT2D eigenvalue weighted by Gasteiger charge is 2.10. The molecule has 0 aliphatic carbocycles. The molecule has 4 aromatic rings. The fourth-order valence-electron chi connectivity index (χ4n) is 4.53. The molecule has 0 amide bonds. The van der Waals surface area contributed by atoms with Gasteiger partial charge in [-0.3, -0.25) is 4.79 Å². The average Bonchev–Trinajstić information content (AvgIpc) is 2.99. The Balaban J connectivity index is 1.03. The molecule has 0 N–H and O–H groups in total. The van der Waals surface area contributed by atoms with Gasteiger partial charge in [0.15, 0.2) is 0 Å². The van der Waals surface area contributed by atoms with Gasteiger partial charge in [0.1, 0.15) is 23.1 Å². The van der Waals surface area contributed by atoms with E-state index in [4.69, 9.17) is 14.7 Å². The van der Waals surface area contributed by atoms with Crippen LogP contribution in [0.1, 0.15) is 56.9 Å². The molecular formula is C35H33F2NO3. The number of rotatable bonds is 14. The first-order valence-corrected chi connectivity index (χ1v) is 14.0. The third-order valence-electron chi connectivity index (χ3n) is 6.82. The molecule has 210 valence electrons. The highest BCUT2D eigenvalue weighted by molar-refractivity contribution is 5.73. The fraction of sp³-hybridized carbons (Fsp3) is 0.257. The standard InChI is InChI=1S/C35H33F2NO3/c36-30-17-13-29(14-18-30)33-22-21-32(24-34(33)37)41-35(39)8-6-4-2-1-3-5-7-23-40-31-19-15-28(16-20-31)27-11-9-26(25-38)10-12-27/h9-22,24H,1-8,23H2. The molecule has 0 spiro atoms. The molecule has 41 heavy (non-hydrogen) atoms. The summed E-state index contributed by atoms with van der Waals surface area (Å²) in [6, 6.07) is 27.5. The van der Waals surface area contributed by atoms with Crippen LogP contribution < -0.4 is 9.47 Å². The molecule has 0 aliphatic rings. The number of nitrogens with zero attached hydrogens (tertiary/aromatic N) is 1. The van der Waals surface area contributed by atoms with Crippen molar-refractivity contribution in [3.63, 3.8) is 0 Å². The molecule has 4 nitrogen and oxygen atoms in total. The monoisotopic (exact) mass is 553 g/mol. The number of halogens is 2. The molecule has 4 rings (SSSR count). The van der Waals surface area contributed by atoms with Crippen molar-refractivity contribution < 1.29 is 23.0 Å². The highest BCUT2D eigenvalue weighted by Crippen LogP contribution is 2.27. The highest BCUT2D eigenvalue weighted by atomic mass is 19.1. The van der Waals surface area contributed by atoms with Crippen molar-refractivity contribution in [3.05, 3.63) is 108 Å². The van der Waals surface area contributed by atoms with E-state index in [9.17, 15) is 13.6 Å². The smallest absolute Gasteiger partial charge is 0.311 e. The first kappa shape index (κ1) is 29.5. The molecule has 0 atom stereocenters. The number of hydrogen-bond acceptors (Lipinski definition) is 4. The summed E-state index contributed by atoms with van der Waals surface area (Å²) in [4.78, 5) is 12.1. The maximum atomic E-state index is 14.5. The minimum atomic E-state index is -0.523. The van der Waals surface area contributed by atoms with E-state index in [0.29, 0.717) is 29.7 Å². The molecule has 0 unspecified atom stereocenters. The van der Waals surface area contributed by atoms with E-state index in [0.717, 1.165) is 61.8 Å². The van der Waals surface area contributed by atoms with Crippen LogP contribution in [0.3, 0.4) is 0 Å². The Kier molecular flexibility index (Phi) is 11.0. The van der Waals surface area contributed by atoms with E-state index < -0.39 is 5.82 Å². The Hall–Kier alpha value is -4.50. The molecule has 4 aromatic carbocycles. The van der Waals surface area contributed by atoms with Crippen molar-refractivity contribution in [1.82, 2.24) is 0 Å². The lowest BCUT2D eigenvalue weighted by molar-refractivity contribution is -0.134. The number of hydrogen-bond donors (Lipinski definition) is 0. The molecule has 0 fully saturated rings. The summed E-state index contributed by atoms with van der Waals surface area (Å²) in [5.41, 5.74) is 3.68. The summed E-state index contributed by atoms with van der Waals surface area (Å²) in [6.07, 6.45) is 7.30. The predicted octanol–water partition coefficient (Wildman–Crippen LogP) is 9.28. The van der Waals surface area contributed by atoms with Gasteiger partial charge in [0.05, 0.1) is 18.2 Å². The Bertz CT molecular complexity index is 1440. The number of benzene rings is 4. The van der Waals surface area contributed by atoms with Crippen LogP contribution in [0.2, 0.25) is 0 Å². The minimum Gasteiger partial charge on any atom is -0.494 e. The number of nitriles is 1. The van der Waals surface area contributed by atoms with Crippen LogP contribution in [0, 0.1) is 23.0 Å². The Morgan fingerprint density at radius 1 is 0.659 bits per heavy atom. The van der Waals surface area contributed by atoms with Gasteiger partial charge in [-0.25, -0.2) is 8.78 Å². The van der Waals surface area contributed by atoms with Crippen LogP contribution in [0.25, 0.3) is 22.3 Å². The Morgan fingerprint density at radius 2 is 1.22 bits per heavy atom. The van der Waals surface area contributed by atoms with Crippen molar-refractivity contribution in [3.8, 4) is 39.8 Å². The van der Waals surface area contributed by atoms with Crippen LogP contribution >= 0.6 is 0 Å². The maximum absolute atomic E-state index is 14.5. The van der Waals surface area contributed by atoms with Crippen LogP contribution in [0.4, 0.5) is 8.78 Å². The summed E-state index contributed by atoms with van der Waals surface area (Å²) in [5, 5.41) is 8.92. The molecule has 0 saturated heterocycles. The fourth-order valence-corrected chi connectivity index (χ4v) is 4.53. The van der Waals surface area contributed by atoms with Crippen LogP contribution in [0.5, 0.6) is 11.5 Å². The van der Waals surface area contributed by atoms with E-state index in [1.165, 1.54) is 36.4 Å². The van der Waals surface area contributed by atoms with Gasteiger partial charge in [-0.15, -0.1) is 0 Å². The molecular weight excluding hydrogens is 520 g/mol. The second-order valence-corrected chi connectivity index (χ2v) is 9.91. The van der Waals surface area contributed by atoms with Gasteiger partial charge in [0.25, 0.3) is 0 Å². The predicted molar refractivity (Wildman–Crippen MR) is 156 cm³/mol. The molecule has 0 aromatic heterocycles. The van der Waals surface area contributed by atoms with Gasteiger partial charge in [-0.2, -0.15) is 5.26 Å². The maximum Gasteiger partial charge on any atom is 0.311 e. The molecule has 0 radical (unpaired) electrons. The summed E-state index contributed by atoms with van der Waals surface area (Å²) in [5.74, 6) is -0.264. The van der Waals surface area contributed by atoms with Crippen LogP contribution in [-0.2, 0) is 4.79 Å². The quantitative estimate of drug-likeness (QED) is 0.0887. The molecule has 0 heterocycles. The van der Waals surface area contributed by atoms with E-state index in [-0.39, 0.29) is 17.5 Å². The van der Waals surface area contributed by atoms with E-state index in [2.05, 4.69) is 6.07 Å². The minimum absolute atomic E-state index is 0.169. The van der Waals surface area contributed by atoms with Crippen LogP contribution in [-0.4, -0.2) is 12.6 Å². The van der Waals surface area contributed by atoms with Crippen molar-refractivity contribution in [2.75, 3.05) is 6.61 Å². The van der Waals surface area contributed by atoms with Crippen molar-refractivity contribution in [2.45, 2.75) is 51.4 Å². The topological polar surface area (TPSA) is 59.3 Å². The van der Waals surface area contributed by atoms with Gasteiger partial charge in [0.2, 0.25) is 0 Å². The zero-order valence-electron chi connectivity index (χ0n) is 23.0. The molecule has 0 aliphatic heterocycles. The lowest BCUT2D eigenvalue weighted by Gasteiger charge is -2.08. The van der Waals surface area contributed by atoms with Crippen LogP contribution in [0.15, 0.2) is 91.0 Å². The first-order valence-electron chi connectivity index (χ1n) is 14.0. The normalized spacial score (nSPS) is 10.7. The largest absolute Gasteiger partial charge is 0.494 e. The van der Waals surface area contributed by atoms with Gasteiger partial charge in [0, 0.05) is 18.1 Å².